The second-order valence-corrected chi connectivity index (χ2v) is 5.13. The molecular formula is C17H14N6. The maximum Gasteiger partial charge on any atom is 0.165 e. The second-order valence-electron chi connectivity index (χ2n) is 5.13. The fourth-order valence-electron chi connectivity index (χ4n) is 2.46. The van der Waals surface area contributed by atoms with Crippen LogP contribution in [0.15, 0.2) is 60.9 Å². The molecule has 0 unspecified atom stereocenters. The van der Waals surface area contributed by atoms with Crippen molar-refractivity contribution in [3.8, 4) is 28.5 Å². The normalized spacial score (nSPS) is 10.8. The summed E-state index contributed by atoms with van der Waals surface area (Å²) >= 11 is 0. The third kappa shape index (κ3) is 2.50. The van der Waals surface area contributed by atoms with Crippen molar-refractivity contribution in [3.63, 3.8) is 0 Å². The predicted octanol–water partition coefficient (Wildman–Crippen LogP) is 3.03. The topological polar surface area (TPSA) is 72.3 Å². The van der Waals surface area contributed by atoms with Crippen molar-refractivity contribution in [1.29, 1.82) is 0 Å². The number of aromatic nitrogens is 6. The maximum absolute atomic E-state index is 4.54. The summed E-state index contributed by atoms with van der Waals surface area (Å²) in [6.45, 7) is 1.88. The predicted molar refractivity (Wildman–Crippen MR) is 86.9 cm³/mol. The molecule has 0 spiro atoms. The van der Waals surface area contributed by atoms with Gasteiger partial charge in [-0.15, -0.1) is 5.10 Å². The zero-order valence-corrected chi connectivity index (χ0v) is 12.5. The van der Waals surface area contributed by atoms with Crippen LogP contribution in [-0.2, 0) is 0 Å². The number of aryl methyl sites for hydroxylation is 1. The molecule has 1 N–H and O–H groups in total. The van der Waals surface area contributed by atoms with E-state index >= 15 is 0 Å². The molecule has 0 aliphatic heterocycles. The first kappa shape index (κ1) is 13.4. The lowest BCUT2D eigenvalue weighted by Crippen LogP contribution is -2.01. The highest BCUT2D eigenvalue weighted by Crippen LogP contribution is 2.24. The number of aromatic amines is 1. The Bertz CT molecular complexity index is 908. The van der Waals surface area contributed by atoms with Crippen LogP contribution in [0.5, 0.6) is 0 Å². The van der Waals surface area contributed by atoms with E-state index in [1.54, 1.807) is 17.1 Å². The van der Waals surface area contributed by atoms with Crippen molar-refractivity contribution in [3.05, 3.63) is 66.7 Å². The Kier molecular flexibility index (Phi) is 3.20. The van der Waals surface area contributed by atoms with E-state index in [0.717, 1.165) is 28.5 Å². The van der Waals surface area contributed by atoms with Crippen molar-refractivity contribution in [2.24, 2.45) is 0 Å². The van der Waals surface area contributed by atoms with Gasteiger partial charge in [-0.25, -0.2) is 9.97 Å². The quantitative estimate of drug-likeness (QED) is 0.631. The molecule has 23 heavy (non-hydrogen) atoms. The zero-order valence-electron chi connectivity index (χ0n) is 12.5. The van der Waals surface area contributed by atoms with Crippen LogP contribution in [0.3, 0.4) is 0 Å². The SMILES string of the molecule is Cc1nc(-c2ccc(-c3ccn[nH]3)cc2)n(-c2ccccn2)n1. The Labute approximate surface area is 132 Å². The molecule has 0 aliphatic rings. The number of pyridine rings is 1. The minimum Gasteiger partial charge on any atom is -0.278 e. The van der Waals surface area contributed by atoms with Crippen molar-refractivity contribution in [1.82, 2.24) is 29.9 Å². The van der Waals surface area contributed by atoms with E-state index in [0.29, 0.717) is 5.82 Å². The first-order valence-corrected chi connectivity index (χ1v) is 7.26. The molecule has 112 valence electrons. The summed E-state index contributed by atoms with van der Waals surface area (Å²) in [5.74, 6) is 2.24. The fourth-order valence-corrected chi connectivity index (χ4v) is 2.46. The lowest BCUT2D eigenvalue weighted by molar-refractivity contribution is 0.839. The second kappa shape index (κ2) is 5.49. The van der Waals surface area contributed by atoms with Crippen LogP contribution in [0.25, 0.3) is 28.5 Å². The molecule has 0 amide bonds. The Morgan fingerprint density at radius 2 is 1.74 bits per heavy atom. The van der Waals surface area contributed by atoms with Gasteiger partial charge in [-0.05, 0) is 30.7 Å². The number of rotatable bonds is 3. The fraction of sp³-hybridized carbons (Fsp3) is 0.0588. The molecule has 0 saturated heterocycles. The van der Waals surface area contributed by atoms with Crippen LogP contribution in [0.4, 0.5) is 0 Å². The Morgan fingerprint density at radius 3 is 2.43 bits per heavy atom. The van der Waals surface area contributed by atoms with Gasteiger partial charge in [0.2, 0.25) is 0 Å². The summed E-state index contributed by atoms with van der Waals surface area (Å²) in [6, 6.07) is 15.8. The maximum atomic E-state index is 4.54. The molecule has 0 radical (unpaired) electrons. The van der Waals surface area contributed by atoms with Gasteiger partial charge in [0.05, 0.1) is 5.69 Å². The molecule has 3 heterocycles. The van der Waals surface area contributed by atoms with E-state index in [2.05, 4.69) is 25.3 Å². The number of hydrogen-bond acceptors (Lipinski definition) is 4. The molecule has 0 atom stereocenters. The molecule has 0 bridgehead atoms. The number of nitrogens with zero attached hydrogens (tertiary/aromatic N) is 5. The van der Waals surface area contributed by atoms with Gasteiger partial charge in [0.15, 0.2) is 11.6 Å². The summed E-state index contributed by atoms with van der Waals surface area (Å²) in [6.07, 6.45) is 3.49. The molecule has 3 aromatic heterocycles. The van der Waals surface area contributed by atoms with Gasteiger partial charge in [0, 0.05) is 18.0 Å². The Balaban J connectivity index is 1.77. The van der Waals surface area contributed by atoms with Crippen LogP contribution in [0.1, 0.15) is 5.82 Å². The first-order valence-electron chi connectivity index (χ1n) is 7.26. The van der Waals surface area contributed by atoms with Gasteiger partial charge < -0.3 is 0 Å². The minimum absolute atomic E-state index is 0.711. The highest BCUT2D eigenvalue weighted by molar-refractivity contribution is 5.65. The summed E-state index contributed by atoms with van der Waals surface area (Å²) in [5.41, 5.74) is 3.05. The van der Waals surface area contributed by atoms with E-state index in [1.807, 2.05) is 55.5 Å². The standard InChI is InChI=1S/C17H14N6/c1-12-20-17(23(22-12)16-4-2-3-10-18-16)14-7-5-13(6-8-14)15-9-11-19-21-15/h2-11H,1H3,(H,19,21). The Morgan fingerprint density at radius 1 is 0.913 bits per heavy atom. The summed E-state index contributed by atoms with van der Waals surface area (Å²) in [5, 5.41) is 11.4. The molecule has 6 nitrogen and oxygen atoms in total. The lowest BCUT2D eigenvalue weighted by atomic mass is 10.1. The summed E-state index contributed by atoms with van der Waals surface area (Å²) in [7, 11) is 0. The number of nitrogens with one attached hydrogen (secondary N) is 1. The molecule has 6 heteroatoms. The van der Waals surface area contributed by atoms with Crippen LogP contribution in [-0.4, -0.2) is 29.9 Å². The molecule has 0 fully saturated rings. The van der Waals surface area contributed by atoms with Crippen molar-refractivity contribution >= 4 is 0 Å². The number of hydrogen-bond donors (Lipinski definition) is 1. The van der Waals surface area contributed by atoms with Gasteiger partial charge >= 0.3 is 0 Å². The average molecular weight is 302 g/mol. The van der Waals surface area contributed by atoms with E-state index in [9.17, 15) is 0 Å². The molecular weight excluding hydrogens is 288 g/mol. The van der Waals surface area contributed by atoms with Gasteiger partial charge in [0.1, 0.15) is 5.82 Å². The molecule has 1 aromatic carbocycles. The number of benzene rings is 1. The van der Waals surface area contributed by atoms with Crippen molar-refractivity contribution in [2.75, 3.05) is 0 Å². The van der Waals surface area contributed by atoms with E-state index in [1.165, 1.54) is 0 Å². The minimum atomic E-state index is 0.711. The third-order valence-electron chi connectivity index (χ3n) is 3.53. The van der Waals surface area contributed by atoms with Crippen LogP contribution >= 0.6 is 0 Å². The summed E-state index contributed by atoms with van der Waals surface area (Å²) < 4.78 is 1.76. The van der Waals surface area contributed by atoms with E-state index in [-0.39, 0.29) is 0 Å². The van der Waals surface area contributed by atoms with Gasteiger partial charge in [-0.3, -0.25) is 5.10 Å². The third-order valence-corrected chi connectivity index (χ3v) is 3.53. The van der Waals surface area contributed by atoms with Crippen molar-refractivity contribution < 1.29 is 0 Å². The average Bonchev–Trinajstić information content (AvgIpc) is 3.25. The number of H-pyrrole nitrogens is 1. The van der Waals surface area contributed by atoms with E-state index < -0.39 is 0 Å². The molecule has 0 aliphatic carbocycles. The highest BCUT2D eigenvalue weighted by Gasteiger charge is 2.12. The molecule has 4 aromatic rings. The Hall–Kier alpha value is -3.28. The first-order chi connectivity index (χ1) is 11.3. The summed E-state index contributed by atoms with van der Waals surface area (Å²) in [4.78, 5) is 8.90. The zero-order chi connectivity index (χ0) is 15.6. The monoisotopic (exact) mass is 302 g/mol. The largest absolute Gasteiger partial charge is 0.278 e. The van der Waals surface area contributed by atoms with Gasteiger partial charge in [-0.1, -0.05) is 30.3 Å². The van der Waals surface area contributed by atoms with Gasteiger partial charge in [-0.2, -0.15) is 9.78 Å². The lowest BCUT2D eigenvalue weighted by Gasteiger charge is -2.05. The van der Waals surface area contributed by atoms with Crippen LogP contribution < -0.4 is 0 Å². The van der Waals surface area contributed by atoms with Gasteiger partial charge in [0.25, 0.3) is 0 Å². The highest BCUT2D eigenvalue weighted by atomic mass is 15.4. The van der Waals surface area contributed by atoms with E-state index in [4.69, 9.17) is 0 Å². The molecule has 4 rings (SSSR count). The van der Waals surface area contributed by atoms with Crippen molar-refractivity contribution in [2.45, 2.75) is 6.92 Å². The molecule has 0 saturated carbocycles. The smallest absolute Gasteiger partial charge is 0.165 e. The van der Waals surface area contributed by atoms with Crippen LogP contribution in [0.2, 0.25) is 0 Å². The van der Waals surface area contributed by atoms with Crippen LogP contribution in [0, 0.1) is 6.92 Å².